The minimum atomic E-state index is -0.791. The summed E-state index contributed by atoms with van der Waals surface area (Å²) in [6, 6.07) is 16.5. The highest BCUT2D eigenvalue weighted by Crippen LogP contribution is 2.41. The van der Waals surface area contributed by atoms with Crippen LogP contribution in [0.1, 0.15) is 46.4 Å². The van der Waals surface area contributed by atoms with Gasteiger partial charge < -0.3 is 30.2 Å². The third-order valence-electron chi connectivity index (χ3n) is 10.2. The molecule has 4 N–H and O–H groups in total. The second kappa shape index (κ2) is 10.2. The number of aromatic nitrogens is 3. The van der Waals surface area contributed by atoms with Crippen LogP contribution in [0.4, 0.5) is 4.39 Å². The van der Waals surface area contributed by atoms with Crippen molar-refractivity contribution in [2.24, 2.45) is 30.4 Å². The number of hydrogen-bond donors (Lipinski definition) is 2. The van der Waals surface area contributed by atoms with Crippen LogP contribution in [0.2, 0.25) is 0 Å². The van der Waals surface area contributed by atoms with Gasteiger partial charge in [0.2, 0.25) is 0 Å². The Kier molecular flexibility index (Phi) is 6.29. The van der Waals surface area contributed by atoms with E-state index in [9.17, 15) is 14.0 Å². The summed E-state index contributed by atoms with van der Waals surface area (Å²) in [5, 5.41) is 1.04. The third kappa shape index (κ3) is 4.41. The number of hydrogen-bond acceptors (Lipinski definition) is 5. The summed E-state index contributed by atoms with van der Waals surface area (Å²) in [6.45, 7) is 1.53. The van der Waals surface area contributed by atoms with Gasteiger partial charge in [0.1, 0.15) is 17.1 Å². The molecular weight excluding hydrogens is 571 g/mol. The molecule has 2 amide bonds. The Hall–Kier alpha value is -4.70. The zero-order chi connectivity index (χ0) is 31.1. The first-order chi connectivity index (χ1) is 21.7. The van der Waals surface area contributed by atoms with E-state index >= 15 is 0 Å². The molecule has 45 heavy (non-hydrogen) atoms. The van der Waals surface area contributed by atoms with Crippen LogP contribution >= 0.6 is 0 Å². The Morgan fingerprint density at radius 2 is 1.80 bits per heavy atom. The summed E-state index contributed by atoms with van der Waals surface area (Å²) in [7, 11) is 3.59. The van der Waals surface area contributed by atoms with Crippen LogP contribution in [0, 0.1) is 17.7 Å². The van der Waals surface area contributed by atoms with Gasteiger partial charge in [0.15, 0.2) is 5.82 Å². The third-order valence-corrected chi connectivity index (χ3v) is 10.2. The van der Waals surface area contributed by atoms with Gasteiger partial charge in [-0.1, -0.05) is 18.2 Å². The van der Waals surface area contributed by atoms with Crippen LogP contribution in [0.5, 0.6) is 5.75 Å². The standard InChI is InChI=1S/C35H35FN6O3/c1-40-32-26(12-23(15-30(32)45-2)35(44)42-17-22-8-10-27(42)31(22)37)39-34(40)29-14-21-6-5-20(13-28(21)41(29)16-18-3-4-18)19-7-9-24(33(38)43)25(36)11-19/h5-7,9,11-15,18,22,27,31H,3-4,8,10,16-17,37H2,1-2H3,(H2,38,43)/t22-,27-,31-/m1/s1. The molecule has 2 aliphatic carbocycles. The van der Waals surface area contributed by atoms with Crippen LogP contribution in [0.25, 0.3) is 44.6 Å². The maximum absolute atomic E-state index is 14.7. The van der Waals surface area contributed by atoms with Crippen molar-refractivity contribution in [3.8, 4) is 28.4 Å². The fraction of sp³-hybridized carbons (Fsp3) is 0.343. The molecular formula is C35H35FN6O3. The van der Waals surface area contributed by atoms with Gasteiger partial charge in [-0.2, -0.15) is 0 Å². The lowest BCUT2D eigenvalue weighted by atomic mass is 10.0. The Morgan fingerprint density at radius 1 is 1.02 bits per heavy atom. The van der Waals surface area contributed by atoms with E-state index in [4.69, 9.17) is 21.2 Å². The zero-order valence-electron chi connectivity index (χ0n) is 25.3. The summed E-state index contributed by atoms with van der Waals surface area (Å²) < 4.78 is 24.8. The number of primary amides is 1. The number of likely N-dealkylation sites (tertiary alicyclic amines) is 1. The van der Waals surface area contributed by atoms with Gasteiger partial charge in [0.05, 0.1) is 23.9 Å². The molecule has 2 saturated carbocycles. The normalized spacial score (nSPS) is 20.9. The highest BCUT2D eigenvalue weighted by atomic mass is 19.1. The molecule has 3 heterocycles. The van der Waals surface area contributed by atoms with E-state index in [2.05, 4.69) is 16.7 Å². The van der Waals surface area contributed by atoms with Crippen molar-refractivity contribution in [3.63, 3.8) is 0 Å². The number of imidazole rings is 1. The average molecular weight is 607 g/mol. The number of benzene rings is 3. The number of amides is 2. The fourth-order valence-electron chi connectivity index (χ4n) is 7.54. The summed E-state index contributed by atoms with van der Waals surface area (Å²) in [4.78, 5) is 32.3. The minimum Gasteiger partial charge on any atom is -0.494 e. The highest BCUT2D eigenvalue weighted by Gasteiger charge is 2.47. The SMILES string of the molecule is COc1cc(C(=O)N2C[C@H]3CC[C@@H]2[C@@H]3N)cc2nc(-c3cc4ccc(-c5ccc(C(N)=O)c(F)c5)cc4n3CC3CC3)n(C)c12. The first-order valence-corrected chi connectivity index (χ1v) is 15.6. The number of nitrogens with zero attached hydrogens (tertiary/aromatic N) is 4. The van der Waals surface area contributed by atoms with Gasteiger partial charge in [-0.15, -0.1) is 0 Å². The van der Waals surface area contributed by atoms with E-state index in [0.29, 0.717) is 40.8 Å². The quantitative estimate of drug-likeness (QED) is 0.268. The highest BCUT2D eigenvalue weighted by molar-refractivity contribution is 6.01. The van der Waals surface area contributed by atoms with Gasteiger partial charge in [-0.3, -0.25) is 9.59 Å². The molecule has 3 fully saturated rings. The number of fused-ring (bicyclic) bond motifs is 4. The molecule has 3 aromatic carbocycles. The van der Waals surface area contributed by atoms with Crippen molar-refractivity contribution in [3.05, 3.63) is 71.5 Å². The molecule has 3 aliphatic rings. The molecule has 230 valence electrons. The maximum atomic E-state index is 14.7. The molecule has 9 nitrogen and oxygen atoms in total. The molecule has 2 bridgehead atoms. The van der Waals surface area contributed by atoms with E-state index in [-0.39, 0.29) is 23.6 Å². The van der Waals surface area contributed by atoms with Crippen LogP contribution < -0.4 is 16.2 Å². The van der Waals surface area contributed by atoms with E-state index in [1.807, 2.05) is 40.8 Å². The zero-order valence-corrected chi connectivity index (χ0v) is 25.3. The van der Waals surface area contributed by atoms with E-state index in [1.54, 1.807) is 13.2 Å². The van der Waals surface area contributed by atoms with Crippen molar-refractivity contribution in [1.29, 1.82) is 0 Å². The van der Waals surface area contributed by atoms with Gasteiger partial charge >= 0.3 is 0 Å². The number of piperidine rings is 1. The lowest BCUT2D eigenvalue weighted by Crippen LogP contribution is -2.41. The van der Waals surface area contributed by atoms with Crippen LogP contribution in [-0.4, -0.2) is 56.6 Å². The lowest BCUT2D eigenvalue weighted by molar-refractivity contribution is 0.0700. The van der Waals surface area contributed by atoms with Gasteiger partial charge in [0.25, 0.3) is 11.8 Å². The Labute approximate surface area is 259 Å². The topological polar surface area (TPSA) is 121 Å². The Balaban J connectivity index is 1.23. The number of aryl methyl sites for hydroxylation is 1. The molecule has 5 aromatic rings. The fourth-order valence-corrected chi connectivity index (χ4v) is 7.54. The monoisotopic (exact) mass is 606 g/mol. The predicted octanol–water partition coefficient (Wildman–Crippen LogP) is 5.08. The lowest BCUT2D eigenvalue weighted by Gasteiger charge is -2.27. The number of ether oxygens (including phenoxy) is 1. The first-order valence-electron chi connectivity index (χ1n) is 15.6. The summed E-state index contributed by atoms with van der Waals surface area (Å²) in [6.07, 6.45) is 4.37. The Morgan fingerprint density at radius 3 is 2.47 bits per heavy atom. The molecule has 2 aromatic heterocycles. The van der Waals surface area contributed by atoms with Crippen molar-refractivity contribution >= 4 is 33.8 Å². The molecule has 0 unspecified atom stereocenters. The number of rotatable bonds is 7. The summed E-state index contributed by atoms with van der Waals surface area (Å²) in [5.41, 5.74) is 17.1. The average Bonchev–Trinajstić information content (AvgIpc) is 3.44. The number of carbonyl (C=O) groups is 2. The second-order valence-corrected chi connectivity index (χ2v) is 12.9. The smallest absolute Gasteiger partial charge is 0.254 e. The van der Waals surface area contributed by atoms with Crippen molar-refractivity contribution in [1.82, 2.24) is 19.0 Å². The number of carbonyl (C=O) groups excluding carboxylic acids is 2. The van der Waals surface area contributed by atoms with E-state index in [0.717, 1.165) is 52.9 Å². The molecule has 0 spiro atoms. The first kappa shape index (κ1) is 27.8. The van der Waals surface area contributed by atoms with Crippen LogP contribution in [0.15, 0.2) is 54.6 Å². The number of nitrogens with two attached hydrogens (primary N) is 2. The number of methoxy groups -OCH3 is 1. The molecule has 3 atom stereocenters. The van der Waals surface area contributed by atoms with Gasteiger partial charge in [0, 0.05) is 48.7 Å². The molecule has 8 rings (SSSR count). The van der Waals surface area contributed by atoms with Gasteiger partial charge in [-0.05, 0) is 85.0 Å². The Bertz CT molecular complexity index is 2040. The largest absolute Gasteiger partial charge is 0.494 e. The summed E-state index contributed by atoms with van der Waals surface area (Å²) >= 11 is 0. The van der Waals surface area contributed by atoms with Crippen LogP contribution in [-0.2, 0) is 13.6 Å². The molecule has 0 radical (unpaired) electrons. The predicted molar refractivity (Wildman–Crippen MR) is 170 cm³/mol. The van der Waals surface area contributed by atoms with Crippen LogP contribution in [0.3, 0.4) is 0 Å². The molecule has 1 aliphatic heterocycles. The molecule has 1 saturated heterocycles. The molecule has 10 heteroatoms. The van der Waals surface area contributed by atoms with Gasteiger partial charge in [-0.25, -0.2) is 9.37 Å². The minimum absolute atomic E-state index is 0.0271. The van der Waals surface area contributed by atoms with Crippen molar-refractivity contribution in [2.45, 2.75) is 44.3 Å². The van der Waals surface area contributed by atoms with E-state index in [1.165, 1.54) is 25.0 Å². The second-order valence-electron chi connectivity index (χ2n) is 12.9. The number of halogens is 1. The summed E-state index contributed by atoms with van der Waals surface area (Å²) in [5.74, 6) is 0.853. The van der Waals surface area contributed by atoms with Crippen molar-refractivity contribution < 1.29 is 18.7 Å². The van der Waals surface area contributed by atoms with Crippen molar-refractivity contribution in [2.75, 3.05) is 13.7 Å². The van der Waals surface area contributed by atoms with E-state index < -0.39 is 11.7 Å². The maximum Gasteiger partial charge on any atom is 0.254 e.